The summed E-state index contributed by atoms with van der Waals surface area (Å²) >= 11 is 0. The third kappa shape index (κ3) is 4.32. The van der Waals surface area contributed by atoms with Crippen LogP contribution >= 0.6 is 0 Å². The predicted octanol–water partition coefficient (Wildman–Crippen LogP) is 2.88. The van der Waals surface area contributed by atoms with Gasteiger partial charge in [-0.2, -0.15) is 18.4 Å². The summed E-state index contributed by atoms with van der Waals surface area (Å²) in [5.74, 6) is 0.283. The van der Waals surface area contributed by atoms with Gasteiger partial charge in [0.05, 0.1) is 13.3 Å². The summed E-state index contributed by atoms with van der Waals surface area (Å²) in [5, 5.41) is 3.83. The molecule has 0 aromatic heterocycles. The van der Waals surface area contributed by atoms with Crippen molar-refractivity contribution in [2.45, 2.75) is 25.2 Å². The lowest BCUT2D eigenvalue weighted by Crippen LogP contribution is -2.19. The number of aryl methyl sites for hydroxylation is 2. The zero-order valence-corrected chi connectivity index (χ0v) is 14.2. The van der Waals surface area contributed by atoms with Crippen LogP contribution in [0.5, 0.6) is 5.75 Å². The van der Waals surface area contributed by atoms with Crippen LogP contribution in [0.4, 0.5) is 0 Å². The number of sulfonamides is 1. The Bertz CT molecular complexity index is 797. The number of hydrazone groups is 1. The summed E-state index contributed by atoms with van der Waals surface area (Å²) in [4.78, 5) is 2.28. The van der Waals surface area contributed by atoms with Crippen molar-refractivity contribution in [2.75, 3.05) is 7.11 Å². The first-order valence-corrected chi connectivity index (χ1v) is 8.73. The van der Waals surface area contributed by atoms with Gasteiger partial charge in [-0.15, -0.1) is 0 Å². The predicted molar refractivity (Wildman–Crippen MR) is 91.5 cm³/mol. The maximum atomic E-state index is 12.3. The van der Waals surface area contributed by atoms with Gasteiger partial charge in [-0.1, -0.05) is 37.3 Å². The molecule has 0 saturated heterocycles. The standard InChI is InChI=1S/C17H20N2O3S/c1-4-14-6-8-15(9-7-14)12-18-19-23(20,21)17-11-13(2)5-10-16(17)22-3/h5-12,19H,4H2,1-3H3/b18-12+. The summed E-state index contributed by atoms with van der Waals surface area (Å²) < 4.78 is 29.8. The van der Waals surface area contributed by atoms with E-state index in [1.165, 1.54) is 18.9 Å². The van der Waals surface area contributed by atoms with Crippen molar-refractivity contribution >= 4 is 16.2 Å². The van der Waals surface area contributed by atoms with Gasteiger partial charge in [-0.05, 0) is 42.2 Å². The third-order valence-corrected chi connectivity index (χ3v) is 4.63. The summed E-state index contributed by atoms with van der Waals surface area (Å²) in [6.45, 7) is 3.89. The topological polar surface area (TPSA) is 67.8 Å². The maximum Gasteiger partial charge on any atom is 0.280 e. The Labute approximate surface area is 137 Å². The second kappa shape index (κ2) is 7.28. The van der Waals surface area contributed by atoms with Crippen molar-refractivity contribution in [2.24, 2.45) is 5.10 Å². The van der Waals surface area contributed by atoms with Crippen LogP contribution < -0.4 is 9.57 Å². The molecule has 0 amide bonds. The summed E-state index contributed by atoms with van der Waals surface area (Å²) in [7, 11) is -2.35. The van der Waals surface area contributed by atoms with E-state index >= 15 is 0 Å². The molecule has 2 aromatic carbocycles. The van der Waals surface area contributed by atoms with Crippen molar-refractivity contribution in [3.63, 3.8) is 0 Å². The molecule has 23 heavy (non-hydrogen) atoms. The van der Waals surface area contributed by atoms with E-state index in [0.717, 1.165) is 17.5 Å². The summed E-state index contributed by atoms with van der Waals surface area (Å²) in [5.41, 5.74) is 2.86. The molecule has 0 radical (unpaired) electrons. The fourth-order valence-corrected chi connectivity index (χ4v) is 3.10. The Hall–Kier alpha value is -2.34. The molecule has 0 aliphatic rings. The van der Waals surface area contributed by atoms with Crippen molar-refractivity contribution in [1.29, 1.82) is 0 Å². The van der Waals surface area contributed by atoms with Gasteiger partial charge in [0.15, 0.2) is 0 Å². The Balaban J connectivity index is 2.18. The van der Waals surface area contributed by atoms with Gasteiger partial charge < -0.3 is 4.74 Å². The highest BCUT2D eigenvalue weighted by Crippen LogP contribution is 2.24. The van der Waals surface area contributed by atoms with Gasteiger partial charge in [0.2, 0.25) is 0 Å². The summed E-state index contributed by atoms with van der Waals surface area (Å²) in [6, 6.07) is 12.7. The minimum atomic E-state index is -3.78. The van der Waals surface area contributed by atoms with Crippen LogP contribution in [0, 0.1) is 6.92 Å². The van der Waals surface area contributed by atoms with E-state index in [-0.39, 0.29) is 10.6 Å². The fourth-order valence-electron chi connectivity index (χ4n) is 2.05. The van der Waals surface area contributed by atoms with Crippen LogP contribution in [0.1, 0.15) is 23.6 Å². The Morgan fingerprint density at radius 1 is 1.17 bits per heavy atom. The van der Waals surface area contributed by atoms with Gasteiger partial charge in [-0.3, -0.25) is 0 Å². The highest BCUT2D eigenvalue weighted by Gasteiger charge is 2.18. The maximum absolute atomic E-state index is 12.3. The quantitative estimate of drug-likeness (QED) is 0.653. The van der Waals surface area contributed by atoms with Gasteiger partial charge in [0.25, 0.3) is 10.0 Å². The van der Waals surface area contributed by atoms with E-state index in [0.29, 0.717) is 0 Å². The van der Waals surface area contributed by atoms with Crippen LogP contribution in [0.3, 0.4) is 0 Å². The Morgan fingerprint density at radius 2 is 1.87 bits per heavy atom. The molecule has 0 saturated carbocycles. The third-order valence-electron chi connectivity index (χ3n) is 3.38. The van der Waals surface area contributed by atoms with E-state index in [4.69, 9.17) is 4.74 Å². The smallest absolute Gasteiger partial charge is 0.280 e. The van der Waals surface area contributed by atoms with Crippen LogP contribution in [0.15, 0.2) is 52.5 Å². The molecule has 0 heterocycles. The number of benzene rings is 2. The number of rotatable bonds is 6. The van der Waals surface area contributed by atoms with Gasteiger partial charge in [0, 0.05) is 0 Å². The van der Waals surface area contributed by atoms with Gasteiger partial charge in [-0.25, -0.2) is 0 Å². The molecule has 122 valence electrons. The highest BCUT2D eigenvalue weighted by molar-refractivity contribution is 7.89. The molecule has 0 atom stereocenters. The number of hydrogen-bond donors (Lipinski definition) is 1. The lowest BCUT2D eigenvalue weighted by atomic mass is 10.1. The molecule has 6 heteroatoms. The number of ether oxygens (including phenoxy) is 1. The second-order valence-corrected chi connectivity index (χ2v) is 6.73. The molecule has 0 spiro atoms. The van der Waals surface area contributed by atoms with Crippen molar-refractivity contribution in [3.8, 4) is 5.75 Å². The second-order valence-electron chi connectivity index (χ2n) is 5.10. The van der Waals surface area contributed by atoms with E-state index in [1.807, 2.05) is 31.2 Å². The lowest BCUT2D eigenvalue weighted by Gasteiger charge is -2.09. The monoisotopic (exact) mass is 332 g/mol. The molecule has 5 nitrogen and oxygen atoms in total. The van der Waals surface area contributed by atoms with Crippen molar-refractivity contribution in [3.05, 3.63) is 59.2 Å². The van der Waals surface area contributed by atoms with Gasteiger partial charge >= 0.3 is 0 Å². The molecule has 1 N–H and O–H groups in total. The van der Waals surface area contributed by atoms with E-state index < -0.39 is 10.0 Å². The first-order valence-electron chi connectivity index (χ1n) is 7.24. The molecule has 0 aliphatic heterocycles. The normalized spacial score (nSPS) is 11.6. The van der Waals surface area contributed by atoms with E-state index in [2.05, 4.69) is 16.9 Å². The molecular weight excluding hydrogens is 312 g/mol. The van der Waals surface area contributed by atoms with E-state index in [9.17, 15) is 8.42 Å². The van der Waals surface area contributed by atoms with Crippen LogP contribution in [0.25, 0.3) is 0 Å². The van der Waals surface area contributed by atoms with E-state index in [1.54, 1.807) is 18.2 Å². The van der Waals surface area contributed by atoms with Crippen LogP contribution in [-0.2, 0) is 16.4 Å². The van der Waals surface area contributed by atoms with Crippen LogP contribution in [-0.4, -0.2) is 21.7 Å². The minimum Gasteiger partial charge on any atom is -0.495 e. The van der Waals surface area contributed by atoms with Crippen LogP contribution in [0.2, 0.25) is 0 Å². The minimum absolute atomic E-state index is 0.0680. The Morgan fingerprint density at radius 3 is 2.48 bits per heavy atom. The van der Waals surface area contributed by atoms with Gasteiger partial charge in [0.1, 0.15) is 10.6 Å². The summed E-state index contributed by atoms with van der Waals surface area (Å²) in [6.07, 6.45) is 2.43. The first kappa shape index (κ1) is 17.0. The lowest BCUT2D eigenvalue weighted by molar-refractivity contribution is 0.402. The molecule has 2 aromatic rings. The molecule has 0 aliphatic carbocycles. The largest absolute Gasteiger partial charge is 0.495 e. The molecular formula is C17H20N2O3S. The molecule has 0 unspecified atom stereocenters. The molecule has 0 fully saturated rings. The number of hydrogen-bond acceptors (Lipinski definition) is 4. The Kier molecular flexibility index (Phi) is 5.39. The number of nitrogens with zero attached hydrogens (tertiary/aromatic N) is 1. The zero-order chi connectivity index (χ0) is 16.9. The number of methoxy groups -OCH3 is 1. The van der Waals surface area contributed by atoms with Crippen molar-refractivity contribution < 1.29 is 13.2 Å². The molecule has 0 bridgehead atoms. The SMILES string of the molecule is CCc1ccc(/C=N/NS(=O)(=O)c2cc(C)ccc2OC)cc1. The first-order chi connectivity index (χ1) is 11.0. The average Bonchev–Trinajstić information content (AvgIpc) is 2.55. The molecule has 2 rings (SSSR count). The van der Waals surface area contributed by atoms with Crippen molar-refractivity contribution in [1.82, 2.24) is 4.83 Å². The fraction of sp³-hybridized carbons (Fsp3) is 0.235. The average molecular weight is 332 g/mol. The zero-order valence-electron chi connectivity index (χ0n) is 13.4. The highest BCUT2D eigenvalue weighted by atomic mass is 32.2. The number of nitrogens with one attached hydrogen (secondary N) is 1.